The van der Waals surface area contributed by atoms with Crippen molar-refractivity contribution in [3.63, 3.8) is 0 Å². The van der Waals surface area contributed by atoms with Crippen LogP contribution in [0.15, 0.2) is 53.6 Å². The molecule has 1 N–H and O–H groups in total. The summed E-state index contributed by atoms with van der Waals surface area (Å²) >= 11 is 0. The maximum absolute atomic E-state index is 11.8. The van der Waals surface area contributed by atoms with Crippen LogP contribution in [0.2, 0.25) is 0 Å². The molecule has 0 atom stereocenters. The van der Waals surface area contributed by atoms with Gasteiger partial charge < -0.3 is 14.2 Å². The number of carbonyl (C=O) groups is 1. The first-order valence-corrected chi connectivity index (χ1v) is 8.12. The maximum atomic E-state index is 11.8. The number of carbonyl (C=O) groups excluding carboxylic acids is 1. The Morgan fingerprint density at radius 2 is 1.60 bits per heavy atom. The number of benzene rings is 2. The van der Waals surface area contributed by atoms with E-state index in [1.165, 1.54) is 0 Å². The molecule has 2 aromatic rings. The summed E-state index contributed by atoms with van der Waals surface area (Å²) < 4.78 is 16.2. The van der Waals surface area contributed by atoms with Gasteiger partial charge in [-0.15, -0.1) is 0 Å². The van der Waals surface area contributed by atoms with E-state index in [0.717, 1.165) is 11.3 Å². The Balaban J connectivity index is 1.80. The first-order valence-electron chi connectivity index (χ1n) is 8.12. The molecule has 0 bridgehead atoms. The summed E-state index contributed by atoms with van der Waals surface area (Å²) in [6.07, 6.45) is 1.54. The number of hydrazone groups is 1. The van der Waals surface area contributed by atoms with Crippen LogP contribution in [0.1, 0.15) is 19.4 Å². The van der Waals surface area contributed by atoms with Crippen molar-refractivity contribution in [1.29, 1.82) is 0 Å². The molecule has 0 fully saturated rings. The van der Waals surface area contributed by atoms with Gasteiger partial charge in [-0.2, -0.15) is 5.10 Å². The largest absolute Gasteiger partial charge is 0.494 e. The predicted octanol–water partition coefficient (Wildman–Crippen LogP) is 3.01. The van der Waals surface area contributed by atoms with Crippen LogP contribution in [-0.2, 0) is 4.79 Å². The van der Waals surface area contributed by atoms with Gasteiger partial charge in [-0.25, -0.2) is 5.43 Å². The number of ether oxygens (including phenoxy) is 3. The van der Waals surface area contributed by atoms with E-state index in [1.54, 1.807) is 30.5 Å². The molecule has 0 radical (unpaired) electrons. The summed E-state index contributed by atoms with van der Waals surface area (Å²) in [4.78, 5) is 11.8. The molecule has 25 heavy (non-hydrogen) atoms. The second-order valence-electron chi connectivity index (χ2n) is 4.96. The Hall–Kier alpha value is -3.02. The van der Waals surface area contributed by atoms with Gasteiger partial charge in [0.25, 0.3) is 5.91 Å². The molecular weight excluding hydrogens is 320 g/mol. The number of rotatable bonds is 9. The Bertz CT molecular complexity index is 699. The predicted molar refractivity (Wildman–Crippen MR) is 96.5 cm³/mol. The van der Waals surface area contributed by atoms with Gasteiger partial charge in [0.15, 0.2) is 6.61 Å². The molecule has 132 valence electrons. The highest BCUT2D eigenvalue weighted by molar-refractivity contribution is 5.85. The molecule has 0 aliphatic rings. The fourth-order valence-electron chi connectivity index (χ4n) is 2.03. The number of amides is 1. The number of nitrogens with zero attached hydrogens (tertiary/aromatic N) is 1. The highest BCUT2D eigenvalue weighted by Crippen LogP contribution is 2.17. The quantitative estimate of drug-likeness (QED) is 0.562. The van der Waals surface area contributed by atoms with Gasteiger partial charge in [-0.05, 0) is 50.2 Å². The zero-order valence-corrected chi connectivity index (χ0v) is 14.4. The molecule has 0 aliphatic heterocycles. The minimum Gasteiger partial charge on any atom is -0.494 e. The van der Waals surface area contributed by atoms with E-state index in [2.05, 4.69) is 10.5 Å². The highest BCUT2D eigenvalue weighted by atomic mass is 16.5. The third kappa shape index (κ3) is 6.18. The Morgan fingerprint density at radius 3 is 2.28 bits per heavy atom. The standard InChI is InChI=1S/C19H22N2O4/c1-3-23-16-9-11-17(12-10-16)25-14-19(22)21-20-13-15-7-5-6-8-18(15)24-4-2/h5-13H,3-4,14H2,1-2H3,(H,21,22)/b20-13+. The summed E-state index contributed by atoms with van der Waals surface area (Å²) in [5.74, 6) is 1.72. The summed E-state index contributed by atoms with van der Waals surface area (Å²) in [6.45, 7) is 4.87. The van der Waals surface area contributed by atoms with E-state index in [4.69, 9.17) is 14.2 Å². The van der Waals surface area contributed by atoms with Crippen molar-refractivity contribution in [2.45, 2.75) is 13.8 Å². The van der Waals surface area contributed by atoms with E-state index in [9.17, 15) is 4.79 Å². The third-order valence-corrected chi connectivity index (χ3v) is 3.12. The van der Waals surface area contributed by atoms with Gasteiger partial charge >= 0.3 is 0 Å². The van der Waals surface area contributed by atoms with Crippen LogP contribution in [0.25, 0.3) is 0 Å². The zero-order chi connectivity index (χ0) is 17.9. The lowest BCUT2D eigenvalue weighted by Gasteiger charge is -2.07. The zero-order valence-electron chi connectivity index (χ0n) is 14.4. The van der Waals surface area contributed by atoms with Crippen LogP contribution in [-0.4, -0.2) is 31.9 Å². The normalized spacial score (nSPS) is 10.5. The van der Waals surface area contributed by atoms with Gasteiger partial charge in [0.1, 0.15) is 17.2 Å². The SMILES string of the molecule is CCOc1ccc(OCC(=O)N/N=C/c2ccccc2OCC)cc1. The van der Waals surface area contributed by atoms with Crippen LogP contribution in [0.3, 0.4) is 0 Å². The minimum atomic E-state index is -0.348. The molecule has 0 unspecified atom stereocenters. The van der Waals surface area contributed by atoms with Gasteiger partial charge in [0.05, 0.1) is 19.4 Å². The molecule has 2 aromatic carbocycles. The minimum absolute atomic E-state index is 0.127. The lowest BCUT2D eigenvalue weighted by Crippen LogP contribution is -2.24. The van der Waals surface area contributed by atoms with Crippen LogP contribution >= 0.6 is 0 Å². The van der Waals surface area contributed by atoms with E-state index >= 15 is 0 Å². The van der Waals surface area contributed by atoms with Gasteiger partial charge in [0, 0.05) is 5.56 Å². The molecule has 6 nitrogen and oxygen atoms in total. The summed E-state index contributed by atoms with van der Waals surface area (Å²) in [5.41, 5.74) is 3.22. The third-order valence-electron chi connectivity index (χ3n) is 3.12. The number of hydrogen-bond donors (Lipinski definition) is 1. The molecule has 0 aromatic heterocycles. The second-order valence-corrected chi connectivity index (χ2v) is 4.96. The van der Waals surface area contributed by atoms with Crippen LogP contribution < -0.4 is 19.6 Å². The van der Waals surface area contributed by atoms with Crippen molar-refractivity contribution >= 4 is 12.1 Å². The molecule has 2 rings (SSSR count). The monoisotopic (exact) mass is 342 g/mol. The van der Waals surface area contributed by atoms with E-state index in [0.29, 0.717) is 24.7 Å². The Labute approximate surface area is 147 Å². The highest BCUT2D eigenvalue weighted by Gasteiger charge is 2.03. The van der Waals surface area contributed by atoms with Crippen molar-refractivity contribution in [3.8, 4) is 17.2 Å². The van der Waals surface area contributed by atoms with E-state index < -0.39 is 0 Å². The van der Waals surface area contributed by atoms with Crippen molar-refractivity contribution in [2.75, 3.05) is 19.8 Å². The molecule has 6 heteroatoms. The van der Waals surface area contributed by atoms with Crippen LogP contribution in [0, 0.1) is 0 Å². The summed E-state index contributed by atoms with van der Waals surface area (Å²) in [5, 5.41) is 3.93. The topological polar surface area (TPSA) is 69.2 Å². The van der Waals surface area contributed by atoms with Gasteiger partial charge in [-0.1, -0.05) is 12.1 Å². The second kappa shape index (κ2) is 9.97. The lowest BCUT2D eigenvalue weighted by molar-refractivity contribution is -0.123. The lowest BCUT2D eigenvalue weighted by atomic mass is 10.2. The maximum Gasteiger partial charge on any atom is 0.277 e. The van der Waals surface area contributed by atoms with Crippen molar-refractivity contribution in [3.05, 3.63) is 54.1 Å². The first-order chi connectivity index (χ1) is 12.2. The molecule has 0 aliphatic carbocycles. The van der Waals surface area contributed by atoms with Gasteiger partial charge in [-0.3, -0.25) is 4.79 Å². The Kier molecular flexibility index (Phi) is 7.31. The molecule has 0 heterocycles. The molecule has 0 saturated heterocycles. The summed E-state index contributed by atoms with van der Waals surface area (Å²) in [7, 11) is 0. The van der Waals surface area contributed by atoms with Crippen molar-refractivity contribution < 1.29 is 19.0 Å². The fourth-order valence-corrected chi connectivity index (χ4v) is 2.03. The molecule has 0 spiro atoms. The van der Waals surface area contributed by atoms with Crippen LogP contribution in [0.5, 0.6) is 17.2 Å². The number of hydrogen-bond acceptors (Lipinski definition) is 5. The van der Waals surface area contributed by atoms with Crippen molar-refractivity contribution in [2.24, 2.45) is 5.10 Å². The smallest absolute Gasteiger partial charge is 0.277 e. The average molecular weight is 342 g/mol. The van der Waals surface area contributed by atoms with E-state index in [1.807, 2.05) is 38.1 Å². The van der Waals surface area contributed by atoms with Gasteiger partial charge in [0.2, 0.25) is 0 Å². The Morgan fingerprint density at radius 1 is 0.960 bits per heavy atom. The summed E-state index contributed by atoms with van der Waals surface area (Å²) in [6, 6.07) is 14.5. The molecule has 1 amide bonds. The number of para-hydroxylation sites is 1. The first kappa shape index (κ1) is 18.3. The van der Waals surface area contributed by atoms with Crippen molar-refractivity contribution in [1.82, 2.24) is 5.43 Å². The van der Waals surface area contributed by atoms with E-state index in [-0.39, 0.29) is 12.5 Å². The number of nitrogens with one attached hydrogen (secondary N) is 1. The molecular formula is C19H22N2O4. The average Bonchev–Trinajstić information content (AvgIpc) is 2.63. The van der Waals surface area contributed by atoms with Crippen LogP contribution in [0.4, 0.5) is 0 Å². The fraction of sp³-hybridized carbons (Fsp3) is 0.263. The molecule has 0 saturated carbocycles.